The van der Waals surface area contributed by atoms with Crippen molar-refractivity contribution in [2.24, 2.45) is 0 Å². The van der Waals surface area contributed by atoms with Crippen LogP contribution in [0, 0.1) is 0 Å². The number of hydrogen-bond acceptors (Lipinski definition) is 4. The van der Waals surface area contributed by atoms with Crippen molar-refractivity contribution in [3.63, 3.8) is 0 Å². The van der Waals surface area contributed by atoms with Gasteiger partial charge in [0, 0.05) is 25.2 Å². The third-order valence-electron chi connectivity index (χ3n) is 4.25. The Bertz CT molecular complexity index is 564. The van der Waals surface area contributed by atoms with Crippen molar-refractivity contribution in [2.45, 2.75) is 44.7 Å². The standard InChI is InChI=1S/C16H26N2O3S/c1-13(3-4-14-5-7-16(19)8-6-14)17-15-9-11-18(12-10-15)22(2,20)21/h5-8,13,15,17,19H,3-4,9-12H2,1-2H3/t13-/m0/s1. The molecule has 1 atom stereocenters. The lowest BCUT2D eigenvalue weighted by molar-refractivity contribution is 0.274. The van der Waals surface area contributed by atoms with E-state index in [4.69, 9.17) is 0 Å². The first-order valence-electron chi connectivity index (χ1n) is 7.83. The number of benzene rings is 1. The van der Waals surface area contributed by atoms with Crippen LogP contribution in [0.25, 0.3) is 0 Å². The number of nitrogens with zero attached hydrogens (tertiary/aromatic N) is 1. The Balaban J connectivity index is 1.72. The number of phenolic OH excluding ortho intramolecular Hbond substituents is 1. The number of aromatic hydroxyl groups is 1. The smallest absolute Gasteiger partial charge is 0.211 e. The first-order valence-corrected chi connectivity index (χ1v) is 9.68. The molecule has 0 radical (unpaired) electrons. The number of phenols is 1. The lowest BCUT2D eigenvalue weighted by atomic mass is 10.0. The summed E-state index contributed by atoms with van der Waals surface area (Å²) in [7, 11) is -3.04. The van der Waals surface area contributed by atoms with Gasteiger partial charge in [-0.25, -0.2) is 12.7 Å². The van der Waals surface area contributed by atoms with E-state index in [0.717, 1.165) is 25.7 Å². The highest BCUT2D eigenvalue weighted by Crippen LogP contribution is 2.15. The minimum absolute atomic E-state index is 0.299. The van der Waals surface area contributed by atoms with Crippen LogP contribution in [0.3, 0.4) is 0 Å². The molecule has 1 aliphatic heterocycles. The van der Waals surface area contributed by atoms with Crippen molar-refractivity contribution in [3.05, 3.63) is 29.8 Å². The minimum Gasteiger partial charge on any atom is -0.508 e. The maximum atomic E-state index is 11.5. The summed E-state index contributed by atoms with van der Waals surface area (Å²) in [6, 6.07) is 8.12. The summed E-state index contributed by atoms with van der Waals surface area (Å²) in [6.45, 7) is 3.39. The molecule has 0 aromatic heterocycles. The monoisotopic (exact) mass is 326 g/mol. The minimum atomic E-state index is -3.04. The average Bonchev–Trinajstić information content (AvgIpc) is 2.46. The average molecular weight is 326 g/mol. The number of hydrogen-bond donors (Lipinski definition) is 2. The summed E-state index contributed by atoms with van der Waals surface area (Å²) in [6.07, 6.45) is 5.02. The van der Waals surface area contributed by atoms with Gasteiger partial charge in [-0.1, -0.05) is 12.1 Å². The molecule has 0 unspecified atom stereocenters. The molecule has 124 valence electrons. The number of nitrogens with one attached hydrogen (secondary N) is 1. The highest BCUT2D eigenvalue weighted by Gasteiger charge is 2.25. The Kier molecular flexibility index (Phi) is 5.83. The van der Waals surface area contributed by atoms with Crippen LogP contribution in [0.5, 0.6) is 5.75 Å². The van der Waals surface area contributed by atoms with Gasteiger partial charge >= 0.3 is 0 Å². The fraction of sp³-hybridized carbons (Fsp3) is 0.625. The first kappa shape index (κ1) is 17.2. The van der Waals surface area contributed by atoms with Gasteiger partial charge in [-0.15, -0.1) is 0 Å². The van der Waals surface area contributed by atoms with Gasteiger partial charge in [0.05, 0.1) is 6.26 Å². The lowest BCUT2D eigenvalue weighted by Crippen LogP contribution is -2.46. The molecule has 1 heterocycles. The molecular formula is C16H26N2O3S. The molecular weight excluding hydrogens is 300 g/mol. The van der Waals surface area contributed by atoms with E-state index < -0.39 is 10.0 Å². The van der Waals surface area contributed by atoms with Gasteiger partial charge in [0.25, 0.3) is 0 Å². The second-order valence-corrected chi connectivity index (χ2v) is 8.19. The molecule has 0 amide bonds. The summed E-state index contributed by atoms with van der Waals surface area (Å²) >= 11 is 0. The maximum Gasteiger partial charge on any atom is 0.211 e. The molecule has 1 aromatic rings. The zero-order chi connectivity index (χ0) is 16.2. The molecule has 1 aromatic carbocycles. The fourth-order valence-corrected chi connectivity index (χ4v) is 3.76. The Labute approximate surface area is 133 Å². The topological polar surface area (TPSA) is 69.6 Å². The molecule has 1 saturated heterocycles. The Morgan fingerprint density at radius 1 is 1.27 bits per heavy atom. The van der Waals surface area contributed by atoms with Crippen molar-refractivity contribution >= 4 is 10.0 Å². The zero-order valence-corrected chi connectivity index (χ0v) is 14.1. The highest BCUT2D eigenvalue weighted by atomic mass is 32.2. The third-order valence-corrected chi connectivity index (χ3v) is 5.55. The summed E-state index contributed by atoms with van der Waals surface area (Å²) < 4.78 is 24.5. The van der Waals surface area contributed by atoms with Crippen LogP contribution in [-0.2, 0) is 16.4 Å². The Morgan fingerprint density at radius 2 is 1.86 bits per heavy atom. The quantitative estimate of drug-likeness (QED) is 0.835. The molecule has 0 aliphatic carbocycles. The van der Waals surface area contributed by atoms with Crippen molar-refractivity contribution in [1.82, 2.24) is 9.62 Å². The Hall–Kier alpha value is -1.11. The van der Waals surface area contributed by atoms with Gasteiger partial charge in [0.15, 0.2) is 0 Å². The van der Waals surface area contributed by atoms with Crippen LogP contribution >= 0.6 is 0 Å². The van der Waals surface area contributed by atoms with E-state index >= 15 is 0 Å². The fourth-order valence-electron chi connectivity index (χ4n) is 2.89. The van der Waals surface area contributed by atoms with E-state index in [1.54, 1.807) is 16.4 Å². The van der Waals surface area contributed by atoms with E-state index in [1.165, 1.54) is 11.8 Å². The molecule has 0 bridgehead atoms. The van der Waals surface area contributed by atoms with Gasteiger partial charge in [0.1, 0.15) is 5.75 Å². The van der Waals surface area contributed by atoms with Crippen LogP contribution < -0.4 is 5.32 Å². The van der Waals surface area contributed by atoms with Crippen LogP contribution in [0.4, 0.5) is 0 Å². The molecule has 2 N–H and O–H groups in total. The summed E-state index contributed by atoms with van der Waals surface area (Å²) in [5.41, 5.74) is 1.22. The van der Waals surface area contributed by atoms with Crippen LogP contribution in [0.15, 0.2) is 24.3 Å². The van der Waals surface area contributed by atoms with Crippen LogP contribution in [0.1, 0.15) is 31.7 Å². The summed E-state index contributed by atoms with van der Waals surface area (Å²) in [4.78, 5) is 0. The van der Waals surface area contributed by atoms with Crippen molar-refractivity contribution in [2.75, 3.05) is 19.3 Å². The molecule has 22 heavy (non-hydrogen) atoms. The van der Waals surface area contributed by atoms with E-state index in [1.807, 2.05) is 12.1 Å². The Morgan fingerprint density at radius 3 is 2.41 bits per heavy atom. The van der Waals surface area contributed by atoms with Crippen molar-refractivity contribution < 1.29 is 13.5 Å². The molecule has 6 heteroatoms. The SMILES string of the molecule is C[C@@H](CCc1ccc(O)cc1)NC1CCN(S(C)(=O)=O)CC1. The van der Waals surface area contributed by atoms with Gasteiger partial charge in [-0.2, -0.15) is 0 Å². The van der Waals surface area contributed by atoms with Crippen molar-refractivity contribution in [1.29, 1.82) is 0 Å². The predicted molar refractivity (Wildman–Crippen MR) is 88.5 cm³/mol. The largest absolute Gasteiger partial charge is 0.508 e. The molecule has 5 nitrogen and oxygen atoms in total. The number of sulfonamides is 1. The van der Waals surface area contributed by atoms with Crippen LogP contribution in [0.2, 0.25) is 0 Å². The maximum absolute atomic E-state index is 11.5. The van der Waals surface area contributed by atoms with Gasteiger partial charge in [-0.05, 0) is 50.3 Å². The van der Waals surface area contributed by atoms with Crippen molar-refractivity contribution in [3.8, 4) is 5.75 Å². The number of aryl methyl sites for hydroxylation is 1. The predicted octanol–water partition coefficient (Wildman–Crippen LogP) is 1.73. The van der Waals surface area contributed by atoms with E-state index in [9.17, 15) is 13.5 Å². The second kappa shape index (κ2) is 7.44. The third kappa shape index (κ3) is 5.26. The number of rotatable bonds is 6. The number of piperidine rings is 1. The summed E-state index contributed by atoms with van der Waals surface area (Å²) in [5.74, 6) is 0.299. The summed E-state index contributed by atoms with van der Waals surface area (Å²) in [5, 5.41) is 12.9. The van der Waals surface area contributed by atoms with E-state index in [2.05, 4.69) is 12.2 Å². The normalized spacial score (nSPS) is 19.2. The lowest BCUT2D eigenvalue weighted by Gasteiger charge is -2.32. The molecule has 1 aliphatic rings. The van der Waals surface area contributed by atoms with E-state index in [0.29, 0.717) is 30.9 Å². The van der Waals surface area contributed by atoms with Gasteiger partial charge < -0.3 is 10.4 Å². The molecule has 2 rings (SSSR count). The van der Waals surface area contributed by atoms with Crippen LogP contribution in [-0.4, -0.2) is 49.3 Å². The molecule has 0 spiro atoms. The van der Waals surface area contributed by atoms with E-state index in [-0.39, 0.29) is 0 Å². The van der Waals surface area contributed by atoms with Gasteiger partial charge in [0.2, 0.25) is 10.0 Å². The first-order chi connectivity index (χ1) is 10.3. The molecule has 1 fully saturated rings. The van der Waals surface area contributed by atoms with Gasteiger partial charge in [-0.3, -0.25) is 0 Å². The second-order valence-electron chi connectivity index (χ2n) is 6.21. The zero-order valence-electron chi connectivity index (χ0n) is 13.3. The highest BCUT2D eigenvalue weighted by molar-refractivity contribution is 7.88. The molecule has 0 saturated carbocycles.